The molecule has 1 saturated heterocycles. The van der Waals surface area contributed by atoms with Gasteiger partial charge in [0.2, 0.25) is 5.91 Å². The van der Waals surface area contributed by atoms with E-state index in [1.165, 1.54) is 5.69 Å². The van der Waals surface area contributed by atoms with Gasteiger partial charge in [0, 0.05) is 31.9 Å². The van der Waals surface area contributed by atoms with E-state index >= 15 is 0 Å². The second-order valence-electron chi connectivity index (χ2n) is 3.91. The van der Waals surface area contributed by atoms with Crippen LogP contribution >= 0.6 is 24.8 Å². The van der Waals surface area contributed by atoms with Crippen LogP contribution < -0.4 is 10.6 Å². The van der Waals surface area contributed by atoms with Crippen LogP contribution in [0.5, 0.6) is 0 Å². The third-order valence-corrected chi connectivity index (χ3v) is 2.93. The average molecular weight is 292 g/mol. The van der Waals surface area contributed by atoms with E-state index in [0.29, 0.717) is 0 Å². The summed E-state index contributed by atoms with van der Waals surface area (Å²) < 4.78 is 0. The van der Waals surface area contributed by atoms with Gasteiger partial charge in [-0.2, -0.15) is 0 Å². The Bertz CT molecular complexity index is 354. The molecule has 0 radical (unpaired) electrons. The van der Waals surface area contributed by atoms with Gasteiger partial charge in [-0.1, -0.05) is 18.2 Å². The monoisotopic (exact) mass is 291 g/mol. The maximum absolute atomic E-state index is 11.4. The summed E-state index contributed by atoms with van der Waals surface area (Å²) in [5.41, 5.74) is 6.57. The molecule has 0 aromatic heterocycles. The Kier molecular flexibility index (Phi) is 7.75. The van der Waals surface area contributed by atoms with Crippen molar-refractivity contribution in [1.82, 2.24) is 4.90 Å². The molecule has 0 unspecified atom stereocenters. The SMILES string of the molecule is Cl.Cl.NCC(=O)N1CCN(c2ccccc2)CC1. The zero-order valence-corrected chi connectivity index (χ0v) is 11.8. The molecule has 6 heteroatoms. The molecule has 1 heterocycles. The Hall–Kier alpha value is -0.970. The summed E-state index contributed by atoms with van der Waals surface area (Å²) in [6, 6.07) is 10.3. The number of nitrogens with two attached hydrogens (primary N) is 1. The van der Waals surface area contributed by atoms with Gasteiger partial charge in [0.25, 0.3) is 0 Å². The smallest absolute Gasteiger partial charge is 0.236 e. The van der Waals surface area contributed by atoms with Crippen LogP contribution in [-0.4, -0.2) is 43.5 Å². The maximum Gasteiger partial charge on any atom is 0.236 e. The topological polar surface area (TPSA) is 49.6 Å². The molecule has 0 spiro atoms. The van der Waals surface area contributed by atoms with Crippen molar-refractivity contribution < 1.29 is 4.79 Å². The normalized spacial score (nSPS) is 14.5. The lowest BCUT2D eigenvalue weighted by atomic mass is 10.2. The Balaban J connectivity index is 0.00000144. The van der Waals surface area contributed by atoms with E-state index in [-0.39, 0.29) is 37.3 Å². The number of para-hydroxylation sites is 1. The lowest BCUT2D eigenvalue weighted by Crippen LogP contribution is -2.50. The fourth-order valence-electron chi connectivity index (χ4n) is 1.98. The van der Waals surface area contributed by atoms with Crippen molar-refractivity contribution in [3.8, 4) is 0 Å². The van der Waals surface area contributed by atoms with Crippen LogP contribution in [0.25, 0.3) is 0 Å². The van der Waals surface area contributed by atoms with Gasteiger partial charge < -0.3 is 15.5 Å². The minimum absolute atomic E-state index is 0. The van der Waals surface area contributed by atoms with E-state index in [0.717, 1.165) is 26.2 Å². The molecule has 2 rings (SSSR count). The average Bonchev–Trinajstić information content (AvgIpc) is 2.39. The van der Waals surface area contributed by atoms with E-state index in [9.17, 15) is 4.79 Å². The zero-order valence-electron chi connectivity index (χ0n) is 10.1. The summed E-state index contributed by atoms with van der Waals surface area (Å²) in [6.07, 6.45) is 0. The highest BCUT2D eigenvalue weighted by Gasteiger charge is 2.19. The van der Waals surface area contributed by atoms with Crippen molar-refractivity contribution in [3.63, 3.8) is 0 Å². The first-order valence-electron chi connectivity index (χ1n) is 5.59. The lowest BCUT2D eigenvalue weighted by Gasteiger charge is -2.36. The van der Waals surface area contributed by atoms with Gasteiger partial charge in [-0.25, -0.2) is 0 Å². The van der Waals surface area contributed by atoms with Gasteiger partial charge in [0.05, 0.1) is 6.54 Å². The van der Waals surface area contributed by atoms with Gasteiger partial charge in [0.1, 0.15) is 0 Å². The highest BCUT2D eigenvalue weighted by atomic mass is 35.5. The number of hydrogen-bond donors (Lipinski definition) is 1. The molecule has 2 N–H and O–H groups in total. The van der Waals surface area contributed by atoms with Crippen LogP contribution in [0.2, 0.25) is 0 Å². The number of piperazine rings is 1. The molecule has 1 aromatic carbocycles. The summed E-state index contributed by atoms with van der Waals surface area (Å²) in [4.78, 5) is 15.5. The van der Waals surface area contributed by atoms with Crippen LogP contribution in [0.15, 0.2) is 30.3 Å². The molecule has 102 valence electrons. The van der Waals surface area contributed by atoms with Crippen molar-refractivity contribution >= 4 is 36.4 Å². The number of benzene rings is 1. The molecule has 0 saturated carbocycles. The van der Waals surface area contributed by atoms with Gasteiger partial charge in [-0.15, -0.1) is 24.8 Å². The highest BCUT2D eigenvalue weighted by molar-refractivity contribution is 5.85. The molecule has 0 bridgehead atoms. The molecule has 1 fully saturated rings. The van der Waals surface area contributed by atoms with E-state index in [1.54, 1.807) is 0 Å². The molecule has 1 aliphatic heterocycles. The van der Waals surface area contributed by atoms with E-state index in [1.807, 2.05) is 23.1 Å². The van der Waals surface area contributed by atoms with Crippen molar-refractivity contribution in [2.75, 3.05) is 37.6 Å². The number of rotatable bonds is 2. The minimum atomic E-state index is 0. The quantitative estimate of drug-likeness (QED) is 0.889. The maximum atomic E-state index is 11.4. The Morgan fingerprint density at radius 1 is 1.06 bits per heavy atom. The van der Waals surface area contributed by atoms with E-state index in [2.05, 4.69) is 17.0 Å². The molecule has 0 aliphatic carbocycles. The van der Waals surface area contributed by atoms with Gasteiger partial charge in [0.15, 0.2) is 0 Å². The predicted molar refractivity (Wildman–Crippen MR) is 78.8 cm³/mol. The summed E-state index contributed by atoms with van der Waals surface area (Å²) in [5, 5.41) is 0. The van der Waals surface area contributed by atoms with Gasteiger partial charge in [-0.05, 0) is 12.1 Å². The first-order chi connectivity index (χ1) is 7.81. The number of nitrogens with zero attached hydrogens (tertiary/aromatic N) is 2. The van der Waals surface area contributed by atoms with Gasteiger partial charge >= 0.3 is 0 Å². The first kappa shape index (κ1) is 17.0. The van der Waals surface area contributed by atoms with Crippen LogP contribution in [0.3, 0.4) is 0 Å². The van der Waals surface area contributed by atoms with Gasteiger partial charge in [-0.3, -0.25) is 4.79 Å². The fourth-order valence-corrected chi connectivity index (χ4v) is 1.98. The number of halogens is 2. The molecule has 0 atom stereocenters. The number of hydrogen-bond acceptors (Lipinski definition) is 3. The number of carbonyl (C=O) groups excluding carboxylic acids is 1. The lowest BCUT2D eigenvalue weighted by molar-refractivity contribution is -0.129. The highest BCUT2D eigenvalue weighted by Crippen LogP contribution is 2.15. The second-order valence-corrected chi connectivity index (χ2v) is 3.91. The third kappa shape index (κ3) is 4.05. The van der Waals surface area contributed by atoms with Crippen molar-refractivity contribution in [3.05, 3.63) is 30.3 Å². The summed E-state index contributed by atoms with van der Waals surface area (Å²) in [7, 11) is 0. The molecule has 4 nitrogen and oxygen atoms in total. The molecule has 18 heavy (non-hydrogen) atoms. The number of carbonyl (C=O) groups is 1. The summed E-state index contributed by atoms with van der Waals surface area (Å²) >= 11 is 0. The summed E-state index contributed by atoms with van der Waals surface area (Å²) in [5.74, 6) is 0.0488. The molecular formula is C12H19Cl2N3O. The number of amides is 1. The van der Waals surface area contributed by atoms with Crippen LogP contribution in [0.4, 0.5) is 5.69 Å². The standard InChI is InChI=1S/C12H17N3O.2ClH/c13-10-12(16)15-8-6-14(7-9-15)11-4-2-1-3-5-11;;/h1-5H,6-10,13H2;2*1H. The Labute approximate surface area is 120 Å². The van der Waals surface area contributed by atoms with Crippen molar-refractivity contribution in [2.45, 2.75) is 0 Å². The fraction of sp³-hybridized carbons (Fsp3) is 0.417. The van der Waals surface area contributed by atoms with E-state index < -0.39 is 0 Å². The molecule has 1 aromatic rings. The molecular weight excluding hydrogens is 273 g/mol. The second kappa shape index (κ2) is 8.19. The van der Waals surface area contributed by atoms with E-state index in [4.69, 9.17) is 5.73 Å². The minimum Gasteiger partial charge on any atom is -0.368 e. The van der Waals surface area contributed by atoms with Crippen molar-refractivity contribution in [2.24, 2.45) is 5.73 Å². The van der Waals surface area contributed by atoms with Crippen LogP contribution in [-0.2, 0) is 4.79 Å². The number of anilines is 1. The molecule has 1 amide bonds. The van der Waals surface area contributed by atoms with Crippen LogP contribution in [0, 0.1) is 0 Å². The summed E-state index contributed by atoms with van der Waals surface area (Å²) in [6.45, 7) is 3.42. The predicted octanol–water partition coefficient (Wildman–Crippen LogP) is 1.14. The Morgan fingerprint density at radius 3 is 2.11 bits per heavy atom. The largest absolute Gasteiger partial charge is 0.368 e. The Morgan fingerprint density at radius 2 is 1.61 bits per heavy atom. The zero-order chi connectivity index (χ0) is 11.4. The molecule has 1 aliphatic rings. The van der Waals surface area contributed by atoms with Crippen LogP contribution in [0.1, 0.15) is 0 Å². The first-order valence-corrected chi connectivity index (χ1v) is 5.59. The van der Waals surface area contributed by atoms with Crippen molar-refractivity contribution in [1.29, 1.82) is 0 Å². The third-order valence-electron chi connectivity index (χ3n) is 2.93.